The first-order valence-corrected chi connectivity index (χ1v) is 12.0. The lowest BCUT2D eigenvalue weighted by molar-refractivity contribution is -0.113. The molecule has 4 rings (SSSR count). The van der Waals surface area contributed by atoms with Crippen LogP contribution in [0.1, 0.15) is 24.2 Å². The molecule has 0 unspecified atom stereocenters. The van der Waals surface area contributed by atoms with Gasteiger partial charge in [-0.05, 0) is 55.8 Å². The number of nitrogens with zero attached hydrogens (tertiary/aromatic N) is 5. The van der Waals surface area contributed by atoms with Gasteiger partial charge in [-0.3, -0.25) is 9.69 Å². The lowest BCUT2D eigenvalue weighted by Crippen LogP contribution is -2.22. The lowest BCUT2D eigenvalue weighted by Gasteiger charge is -2.16. The molecule has 1 amide bonds. The molecule has 1 fully saturated rings. The number of anilines is 2. The fraction of sp³-hybridized carbons (Fsp3) is 0.375. The van der Waals surface area contributed by atoms with Crippen LogP contribution in [0, 0.1) is 0 Å². The Balaban J connectivity index is 1.42. The zero-order valence-electron chi connectivity index (χ0n) is 18.7. The summed E-state index contributed by atoms with van der Waals surface area (Å²) in [6.07, 6.45) is 2.48. The minimum absolute atomic E-state index is 0.0528. The van der Waals surface area contributed by atoms with E-state index >= 15 is 0 Å². The van der Waals surface area contributed by atoms with E-state index < -0.39 is 0 Å². The molecule has 8 heteroatoms. The van der Waals surface area contributed by atoms with Crippen LogP contribution in [-0.4, -0.2) is 58.5 Å². The normalized spacial score (nSPS) is 13.9. The van der Waals surface area contributed by atoms with Crippen LogP contribution in [0.4, 0.5) is 11.4 Å². The van der Waals surface area contributed by atoms with Crippen LogP contribution in [0.25, 0.3) is 0 Å². The summed E-state index contributed by atoms with van der Waals surface area (Å²) < 4.78 is 2.15. The van der Waals surface area contributed by atoms with Crippen molar-refractivity contribution >= 4 is 29.0 Å². The zero-order valence-corrected chi connectivity index (χ0v) is 19.5. The Kier molecular flexibility index (Phi) is 7.44. The Bertz CT molecular complexity index is 1010. The molecular formula is C24H30N6OS. The van der Waals surface area contributed by atoms with Gasteiger partial charge in [0.05, 0.1) is 18.8 Å². The maximum atomic E-state index is 12.6. The molecule has 0 spiro atoms. The van der Waals surface area contributed by atoms with E-state index in [4.69, 9.17) is 0 Å². The van der Waals surface area contributed by atoms with Crippen molar-refractivity contribution in [2.75, 3.05) is 43.2 Å². The number of likely N-dealkylation sites (tertiary alicyclic amines) is 1. The molecule has 1 aliphatic rings. The van der Waals surface area contributed by atoms with E-state index in [1.165, 1.54) is 30.2 Å². The highest BCUT2D eigenvalue weighted by molar-refractivity contribution is 7.99. The molecule has 0 aliphatic carbocycles. The highest BCUT2D eigenvalue weighted by Gasteiger charge is 2.19. The van der Waals surface area contributed by atoms with Crippen LogP contribution in [-0.2, 0) is 17.9 Å². The summed E-state index contributed by atoms with van der Waals surface area (Å²) in [5, 5.41) is 12.7. The summed E-state index contributed by atoms with van der Waals surface area (Å²) in [4.78, 5) is 17.0. The first-order valence-electron chi connectivity index (χ1n) is 11.0. The van der Waals surface area contributed by atoms with Gasteiger partial charge in [0, 0.05) is 25.5 Å². The number of benzene rings is 2. The minimum Gasteiger partial charge on any atom is -0.378 e. The molecule has 32 heavy (non-hydrogen) atoms. The monoisotopic (exact) mass is 450 g/mol. The van der Waals surface area contributed by atoms with Crippen molar-refractivity contribution in [2.24, 2.45) is 0 Å². The van der Waals surface area contributed by atoms with Gasteiger partial charge in [-0.1, -0.05) is 42.1 Å². The molecule has 2 aromatic carbocycles. The van der Waals surface area contributed by atoms with E-state index in [0.717, 1.165) is 42.0 Å². The smallest absolute Gasteiger partial charge is 0.234 e. The summed E-state index contributed by atoms with van der Waals surface area (Å²) >= 11 is 1.43. The van der Waals surface area contributed by atoms with Gasteiger partial charge in [-0.15, -0.1) is 10.2 Å². The van der Waals surface area contributed by atoms with Crippen LogP contribution in [0.3, 0.4) is 0 Å². The third-order valence-corrected chi connectivity index (χ3v) is 6.51. The third-order valence-electron chi connectivity index (χ3n) is 5.54. The maximum Gasteiger partial charge on any atom is 0.234 e. The van der Waals surface area contributed by atoms with Gasteiger partial charge in [-0.2, -0.15) is 0 Å². The zero-order chi connectivity index (χ0) is 22.3. The van der Waals surface area contributed by atoms with E-state index in [-0.39, 0.29) is 11.7 Å². The summed E-state index contributed by atoms with van der Waals surface area (Å²) in [5.41, 5.74) is 3.08. The van der Waals surface area contributed by atoms with Crippen molar-refractivity contribution in [2.45, 2.75) is 31.1 Å². The SMILES string of the molecule is CN(C)c1ccc(NC(=O)CSc2nnc(CN3CCCC3)n2Cc2ccccc2)cc1. The Labute approximate surface area is 193 Å². The number of hydrogen-bond donors (Lipinski definition) is 1. The summed E-state index contributed by atoms with van der Waals surface area (Å²) in [6.45, 7) is 3.71. The topological polar surface area (TPSA) is 66.3 Å². The Morgan fingerprint density at radius 3 is 2.41 bits per heavy atom. The fourth-order valence-electron chi connectivity index (χ4n) is 3.78. The molecular weight excluding hydrogens is 420 g/mol. The predicted molar refractivity (Wildman–Crippen MR) is 130 cm³/mol. The van der Waals surface area contributed by atoms with E-state index in [2.05, 4.69) is 37.1 Å². The summed E-state index contributed by atoms with van der Waals surface area (Å²) in [7, 11) is 3.99. The fourth-order valence-corrected chi connectivity index (χ4v) is 4.54. The molecule has 3 aromatic rings. The van der Waals surface area contributed by atoms with Gasteiger partial charge in [0.2, 0.25) is 5.91 Å². The van der Waals surface area contributed by atoms with Crippen LogP contribution in [0.2, 0.25) is 0 Å². The van der Waals surface area contributed by atoms with Crippen molar-refractivity contribution in [1.82, 2.24) is 19.7 Å². The number of aromatic nitrogens is 3. The molecule has 168 valence electrons. The number of rotatable bonds is 9. The molecule has 1 aromatic heterocycles. The van der Waals surface area contributed by atoms with E-state index in [1.54, 1.807) is 0 Å². The summed E-state index contributed by atoms with van der Waals surface area (Å²) in [6, 6.07) is 18.1. The van der Waals surface area contributed by atoms with Crippen molar-refractivity contribution < 1.29 is 4.79 Å². The van der Waals surface area contributed by atoms with Crippen LogP contribution < -0.4 is 10.2 Å². The highest BCUT2D eigenvalue weighted by atomic mass is 32.2. The number of carbonyl (C=O) groups excluding carboxylic acids is 1. The van der Waals surface area contributed by atoms with E-state index in [0.29, 0.717) is 6.54 Å². The second kappa shape index (κ2) is 10.7. The van der Waals surface area contributed by atoms with Crippen molar-refractivity contribution in [3.63, 3.8) is 0 Å². The summed E-state index contributed by atoms with van der Waals surface area (Å²) in [5.74, 6) is 1.19. The van der Waals surface area contributed by atoms with Gasteiger partial charge in [0.1, 0.15) is 5.82 Å². The average Bonchev–Trinajstić information content (AvgIpc) is 3.44. The molecule has 0 saturated carbocycles. The number of thioether (sulfide) groups is 1. The minimum atomic E-state index is -0.0528. The number of amides is 1. The van der Waals surface area contributed by atoms with Crippen LogP contribution >= 0.6 is 11.8 Å². The van der Waals surface area contributed by atoms with Crippen LogP contribution in [0.5, 0.6) is 0 Å². The van der Waals surface area contributed by atoms with Gasteiger partial charge in [0.25, 0.3) is 0 Å². The Morgan fingerprint density at radius 2 is 1.72 bits per heavy atom. The quantitative estimate of drug-likeness (QED) is 0.501. The number of nitrogens with one attached hydrogen (secondary N) is 1. The van der Waals surface area contributed by atoms with Crippen molar-refractivity contribution in [3.8, 4) is 0 Å². The van der Waals surface area contributed by atoms with Crippen molar-refractivity contribution in [1.29, 1.82) is 0 Å². The van der Waals surface area contributed by atoms with Gasteiger partial charge >= 0.3 is 0 Å². The molecule has 0 radical (unpaired) electrons. The molecule has 1 aliphatic heterocycles. The molecule has 0 atom stereocenters. The molecule has 2 heterocycles. The Morgan fingerprint density at radius 1 is 1.00 bits per heavy atom. The average molecular weight is 451 g/mol. The van der Waals surface area contributed by atoms with Gasteiger partial charge in [0.15, 0.2) is 5.16 Å². The largest absolute Gasteiger partial charge is 0.378 e. The van der Waals surface area contributed by atoms with E-state index in [9.17, 15) is 4.79 Å². The molecule has 1 N–H and O–H groups in total. The third kappa shape index (κ3) is 5.89. The van der Waals surface area contributed by atoms with Crippen LogP contribution in [0.15, 0.2) is 59.8 Å². The Hall–Kier alpha value is -2.84. The standard InChI is InChI=1S/C24H30N6OS/c1-28(2)21-12-10-20(11-13-21)25-23(31)18-32-24-27-26-22(17-29-14-6-7-15-29)30(24)16-19-8-4-3-5-9-19/h3-5,8-13H,6-7,14-18H2,1-2H3,(H,25,31). The second-order valence-electron chi connectivity index (χ2n) is 8.23. The van der Waals surface area contributed by atoms with Crippen molar-refractivity contribution in [3.05, 3.63) is 66.0 Å². The first kappa shape index (κ1) is 22.4. The van der Waals surface area contributed by atoms with Gasteiger partial charge < -0.3 is 14.8 Å². The molecule has 1 saturated heterocycles. The first-order chi connectivity index (χ1) is 15.6. The number of carbonyl (C=O) groups is 1. The van der Waals surface area contributed by atoms with E-state index in [1.807, 2.05) is 61.5 Å². The number of hydrogen-bond acceptors (Lipinski definition) is 6. The molecule has 0 bridgehead atoms. The maximum absolute atomic E-state index is 12.6. The predicted octanol–water partition coefficient (Wildman–Crippen LogP) is 3.72. The molecule has 7 nitrogen and oxygen atoms in total. The lowest BCUT2D eigenvalue weighted by atomic mass is 10.2. The second-order valence-corrected chi connectivity index (χ2v) is 9.17. The highest BCUT2D eigenvalue weighted by Crippen LogP contribution is 2.22. The van der Waals surface area contributed by atoms with Gasteiger partial charge in [-0.25, -0.2) is 0 Å².